The minimum atomic E-state index is 0. The van der Waals surface area contributed by atoms with Gasteiger partial charge in [-0.1, -0.05) is 44.0 Å². The molecular weight excluding hydrogens is 389 g/mol. The van der Waals surface area contributed by atoms with Crippen molar-refractivity contribution in [2.45, 2.75) is 45.7 Å². The largest absolute Gasteiger partial charge is 0.341 e. The summed E-state index contributed by atoms with van der Waals surface area (Å²) < 4.78 is 2.44. The predicted molar refractivity (Wildman–Crippen MR) is 126 cm³/mol. The molecule has 1 saturated heterocycles. The van der Waals surface area contributed by atoms with Gasteiger partial charge in [0.15, 0.2) is 0 Å². The second-order valence-electron chi connectivity index (χ2n) is 7.48. The highest BCUT2D eigenvalue weighted by molar-refractivity contribution is 6.08. The highest BCUT2D eigenvalue weighted by Crippen LogP contribution is 2.34. The lowest BCUT2D eigenvalue weighted by atomic mass is 9.97. The fourth-order valence-electron chi connectivity index (χ4n) is 4.57. The number of piperazine rings is 1. The summed E-state index contributed by atoms with van der Waals surface area (Å²) in [7, 11) is 0. The monoisotopic (exact) mass is 421 g/mol. The smallest absolute Gasteiger partial charge is 0.0491 e. The first kappa shape index (κ1) is 23.0. The molecule has 1 atom stereocenters. The summed E-state index contributed by atoms with van der Waals surface area (Å²) in [5.74, 6) is 0. The van der Waals surface area contributed by atoms with Gasteiger partial charge in [0.05, 0.1) is 0 Å². The number of para-hydroxylation sites is 1. The minimum Gasteiger partial charge on any atom is -0.341 e. The molecule has 0 aliphatic carbocycles. The first-order chi connectivity index (χ1) is 12.8. The molecule has 2 aromatic carbocycles. The van der Waals surface area contributed by atoms with E-state index in [9.17, 15) is 0 Å². The van der Waals surface area contributed by atoms with E-state index >= 15 is 0 Å². The lowest BCUT2D eigenvalue weighted by molar-refractivity contribution is 0.163. The van der Waals surface area contributed by atoms with Crippen molar-refractivity contribution in [3.8, 4) is 0 Å². The van der Waals surface area contributed by atoms with Gasteiger partial charge in [-0.25, -0.2) is 0 Å². The van der Waals surface area contributed by atoms with Gasteiger partial charge in [-0.05, 0) is 37.1 Å². The fourth-order valence-corrected chi connectivity index (χ4v) is 4.57. The Labute approximate surface area is 181 Å². The lowest BCUT2D eigenvalue weighted by Gasteiger charge is -2.35. The van der Waals surface area contributed by atoms with Crippen LogP contribution in [0.15, 0.2) is 42.5 Å². The van der Waals surface area contributed by atoms with Crippen LogP contribution in [0, 0.1) is 0 Å². The summed E-state index contributed by atoms with van der Waals surface area (Å²) in [5, 5.41) is 6.30. The molecule has 0 spiro atoms. The number of unbranched alkanes of at least 4 members (excludes halogenated alkanes) is 1. The van der Waals surface area contributed by atoms with Crippen molar-refractivity contribution in [2.75, 3.05) is 26.2 Å². The molecule has 1 aromatic heterocycles. The maximum atomic E-state index is 3.50. The van der Waals surface area contributed by atoms with Crippen molar-refractivity contribution in [1.82, 2.24) is 14.8 Å². The highest BCUT2D eigenvalue weighted by Gasteiger charge is 2.22. The van der Waals surface area contributed by atoms with Crippen LogP contribution in [0.2, 0.25) is 0 Å². The number of hydrogen-bond acceptors (Lipinski definition) is 2. The molecule has 0 saturated carbocycles. The summed E-state index contributed by atoms with van der Waals surface area (Å²) >= 11 is 0. The van der Waals surface area contributed by atoms with Crippen molar-refractivity contribution in [1.29, 1.82) is 0 Å². The Balaban J connectivity index is 0.00000140. The van der Waals surface area contributed by atoms with Gasteiger partial charge in [0, 0.05) is 60.6 Å². The molecule has 2 heterocycles. The zero-order chi connectivity index (χ0) is 17.9. The molecular formula is C23H33Cl2N3. The van der Waals surface area contributed by atoms with E-state index in [-0.39, 0.29) is 24.8 Å². The number of aromatic nitrogens is 1. The van der Waals surface area contributed by atoms with E-state index in [1.165, 1.54) is 46.6 Å². The number of hydrogen-bond donors (Lipinski definition) is 1. The van der Waals surface area contributed by atoms with Gasteiger partial charge in [-0.3, -0.25) is 4.90 Å². The molecule has 1 N–H and O–H groups in total. The summed E-state index contributed by atoms with van der Waals surface area (Å²) in [6.45, 7) is 10.1. The first-order valence-corrected chi connectivity index (χ1v) is 10.3. The van der Waals surface area contributed by atoms with Gasteiger partial charge >= 0.3 is 0 Å². The number of nitrogens with one attached hydrogen (secondary N) is 1. The van der Waals surface area contributed by atoms with Gasteiger partial charge in [0.1, 0.15) is 0 Å². The van der Waals surface area contributed by atoms with Crippen LogP contribution in [0.4, 0.5) is 0 Å². The van der Waals surface area contributed by atoms with Gasteiger partial charge in [0.25, 0.3) is 0 Å². The summed E-state index contributed by atoms with van der Waals surface area (Å²) in [6.07, 6.45) is 3.82. The molecule has 3 aromatic rings. The second kappa shape index (κ2) is 10.5. The number of aryl methyl sites for hydroxylation is 1. The molecule has 5 heteroatoms. The zero-order valence-corrected chi connectivity index (χ0v) is 18.6. The van der Waals surface area contributed by atoms with Gasteiger partial charge in [-0.15, -0.1) is 24.8 Å². The molecule has 0 unspecified atom stereocenters. The molecule has 0 amide bonds. The van der Waals surface area contributed by atoms with Crippen LogP contribution in [-0.2, 0) is 6.54 Å². The van der Waals surface area contributed by atoms with Crippen LogP contribution in [0.3, 0.4) is 0 Å². The Hall–Kier alpha value is -1.26. The predicted octanol–water partition coefficient (Wildman–Crippen LogP) is 5.79. The van der Waals surface area contributed by atoms with Crippen LogP contribution >= 0.6 is 24.8 Å². The lowest BCUT2D eigenvalue weighted by Crippen LogP contribution is -2.45. The summed E-state index contributed by atoms with van der Waals surface area (Å²) in [5.41, 5.74) is 4.22. The number of rotatable bonds is 6. The zero-order valence-electron chi connectivity index (χ0n) is 17.0. The molecule has 4 rings (SSSR count). The number of nitrogens with zero attached hydrogens (tertiary/aromatic N) is 2. The Morgan fingerprint density at radius 2 is 1.64 bits per heavy atom. The average Bonchev–Trinajstić information content (AvgIpc) is 3.02. The van der Waals surface area contributed by atoms with Crippen molar-refractivity contribution >= 4 is 46.6 Å². The van der Waals surface area contributed by atoms with E-state index in [1.54, 1.807) is 0 Å². The molecule has 28 heavy (non-hydrogen) atoms. The van der Waals surface area contributed by atoms with Crippen molar-refractivity contribution in [2.24, 2.45) is 0 Å². The van der Waals surface area contributed by atoms with Crippen molar-refractivity contribution in [3.05, 3.63) is 48.0 Å². The summed E-state index contributed by atoms with van der Waals surface area (Å²) in [6, 6.07) is 16.6. The normalized spacial score (nSPS) is 15.9. The Morgan fingerprint density at radius 1 is 0.929 bits per heavy atom. The highest BCUT2D eigenvalue weighted by atomic mass is 35.5. The summed E-state index contributed by atoms with van der Waals surface area (Å²) in [4.78, 5) is 2.69. The molecule has 154 valence electrons. The van der Waals surface area contributed by atoms with Gasteiger partial charge < -0.3 is 9.88 Å². The standard InChI is InChI=1S/C23H31N3.2ClH/c1-3-5-9-21(25-15-13-24-14-16-25)18-11-12-23-20(17-18)19-8-6-7-10-22(19)26(23)4-2;;/h6-8,10-12,17,21,24H,3-5,9,13-16H2,1-2H3;2*1H/t21-;;/m0../s1. The number of fused-ring (bicyclic) bond motifs is 3. The van der Waals surface area contributed by atoms with Crippen LogP contribution < -0.4 is 5.32 Å². The minimum absolute atomic E-state index is 0. The molecule has 1 aliphatic heterocycles. The number of halogens is 2. The van der Waals surface area contributed by atoms with Crippen LogP contribution in [0.25, 0.3) is 21.8 Å². The Bertz CT molecular complexity index is 884. The van der Waals surface area contributed by atoms with Gasteiger partial charge in [0.2, 0.25) is 0 Å². The fraction of sp³-hybridized carbons (Fsp3) is 0.478. The maximum Gasteiger partial charge on any atom is 0.0491 e. The molecule has 3 nitrogen and oxygen atoms in total. The van der Waals surface area contributed by atoms with Crippen molar-refractivity contribution in [3.63, 3.8) is 0 Å². The van der Waals surface area contributed by atoms with E-state index in [2.05, 4.69) is 71.1 Å². The van der Waals surface area contributed by atoms with Crippen LogP contribution in [0.5, 0.6) is 0 Å². The van der Waals surface area contributed by atoms with E-state index < -0.39 is 0 Å². The van der Waals surface area contributed by atoms with Gasteiger partial charge in [-0.2, -0.15) is 0 Å². The maximum absolute atomic E-state index is 3.50. The van der Waals surface area contributed by atoms with Crippen LogP contribution in [0.1, 0.15) is 44.7 Å². The second-order valence-corrected chi connectivity index (χ2v) is 7.48. The topological polar surface area (TPSA) is 20.2 Å². The third-order valence-corrected chi connectivity index (χ3v) is 5.92. The Kier molecular flexibility index (Phi) is 8.63. The Morgan fingerprint density at radius 3 is 2.36 bits per heavy atom. The van der Waals surface area contributed by atoms with E-state index in [4.69, 9.17) is 0 Å². The molecule has 0 bridgehead atoms. The van der Waals surface area contributed by atoms with E-state index in [0.717, 1.165) is 32.7 Å². The molecule has 1 aliphatic rings. The quantitative estimate of drug-likeness (QED) is 0.542. The average molecular weight is 422 g/mol. The SMILES string of the molecule is CCCC[C@@H](c1ccc2c(c1)c1ccccc1n2CC)N1CCNCC1.Cl.Cl. The third kappa shape index (κ3) is 4.33. The van der Waals surface area contributed by atoms with E-state index in [0.29, 0.717) is 6.04 Å². The van der Waals surface area contributed by atoms with Crippen LogP contribution in [-0.4, -0.2) is 35.6 Å². The molecule has 0 radical (unpaired) electrons. The van der Waals surface area contributed by atoms with Crippen molar-refractivity contribution < 1.29 is 0 Å². The van der Waals surface area contributed by atoms with E-state index in [1.807, 2.05) is 0 Å². The molecule has 1 fully saturated rings. The first-order valence-electron chi connectivity index (χ1n) is 10.3. The third-order valence-electron chi connectivity index (χ3n) is 5.92. The number of benzene rings is 2.